The molecule has 12 nitrogen and oxygen atoms in total. The first kappa shape index (κ1) is 30.1. The van der Waals surface area contributed by atoms with Crippen LogP contribution in [0.3, 0.4) is 0 Å². The maximum Gasteiger partial charge on any atom is 0.234 e. The number of methoxy groups -OCH3 is 3. The van der Waals surface area contributed by atoms with Crippen molar-refractivity contribution in [2.24, 2.45) is 5.73 Å². The van der Waals surface area contributed by atoms with Gasteiger partial charge < -0.3 is 25.3 Å². The van der Waals surface area contributed by atoms with Gasteiger partial charge in [0.15, 0.2) is 26.8 Å². The van der Waals surface area contributed by atoms with Gasteiger partial charge in [0.25, 0.3) is 0 Å². The topological polar surface area (TPSA) is 166 Å². The Bertz CT molecular complexity index is 1700. The van der Waals surface area contributed by atoms with Crippen molar-refractivity contribution in [1.82, 2.24) is 15.2 Å². The Hall–Kier alpha value is -4.32. The highest BCUT2D eigenvalue weighted by Crippen LogP contribution is 2.52. The number of amides is 1. The van der Waals surface area contributed by atoms with Gasteiger partial charge in [0.1, 0.15) is 5.82 Å². The highest BCUT2D eigenvalue weighted by molar-refractivity contribution is 8.01. The summed E-state index contributed by atoms with van der Waals surface area (Å²) >= 11 is 8.41. The molecular formula is C28H26ClN7O5S2. The van der Waals surface area contributed by atoms with Crippen LogP contribution in [0.15, 0.2) is 57.5 Å². The number of nitrogens with zero attached hydrogens (tertiary/aromatic N) is 5. The summed E-state index contributed by atoms with van der Waals surface area (Å²) in [5, 5.41) is 22.2. The van der Waals surface area contributed by atoms with Crippen LogP contribution in [0, 0.1) is 11.3 Å². The smallest absolute Gasteiger partial charge is 0.234 e. The highest BCUT2D eigenvalue weighted by atomic mass is 35.5. The van der Waals surface area contributed by atoms with Gasteiger partial charge in [-0.25, -0.2) is 4.98 Å². The van der Waals surface area contributed by atoms with E-state index in [4.69, 9.17) is 31.5 Å². The molecule has 0 spiro atoms. The zero-order valence-corrected chi connectivity index (χ0v) is 25.7. The number of aromatic nitrogens is 3. The van der Waals surface area contributed by atoms with Crippen LogP contribution in [0.2, 0.25) is 5.15 Å². The zero-order chi connectivity index (χ0) is 30.7. The van der Waals surface area contributed by atoms with Gasteiger partial charge in [-0.3, -0.25) is 14.5 Å². The number of carbonyl (C=O) groups is 2. The number of hydrogen-bond acceptors (Lipinski definition) is 13. The van der Waals surface area contributed by atoms with E-state index in [1.807, 2.05) is 0 Å². The zero-order valence-electron chi connectivity index (χ0n) is 23.3. The Kier molecular flexibility index (Phi) is 9.05. The second-order valence-electron chi connectivity index (χ2n) is 9.27. The Labute approximate surface area is 260 Å². The third-order valence-electron chi connectivity index (χ3n) is 6.91. The third kappa shape index (κ3) is 5.71. The number of benzene rings is 1. The lowest BCUT2D eigenvalue weighted by molar-refractivity contribution is -0.116. The number of nitrogens with two attached hydrogens (primary N) is 1. The average Bonchev–Trinajstić information content (AvgIpc) is 3.48. The van der Waals surface area contributed by atoms with Crippen molar-refractivity contribution < 1.29 is 23.8 Å². The van der Waals surface area contributed by atoms with E-state index in [1.165, 1.54) is 50.6 Å². The van der Waals surface area contributed by atoms with Crippen molar-refractivity contribution in [3.8, 4) is 23.3 Å². The Morgan fingerprint density at radius 2 is 2.00 bits per heavy atom. The number of anilines is 2. The van der Waals surface area contributed by atoms with Gasteiger partial charge in [-0.1, -0.05) is 40.8 Å². The normalized spacial score (nSPS) is 16.5. The summed E-state index contributed by atoms with van der Waals surface area (Å²) in [6.07, 6.45) is 2.99. The highest BCUT2D eigenvalue weighted by Gasteiger charge is 2.43. The van der Waals surface area contributed by atoms with Crippen LogP contribution < -0.4 is 30.2 Å². The molecule has 0 saturated heterocycles. The molecule has 3 aromatic rings. The second-order valence-corrected chi connectivity index (χ2v) is 11.8. The number of rotatable bonds is 9. The van der Waals surface area contributed by atoms with Gasteiger partial charge in [0, 0.05) is 29.5 Å². The van der Waals surface area contributed by atoms with Crippen molar-refractivity contribution >= 4 is 57.2 Å². The number of carbonyl (C=O) groups excluding carboxylic acids is 2. The van der Waals surface area contributed by atoms with Gasteiger partial charge in [0.05, 0.1) is 50.3 Å². The number of ether oxygens (including phenoxy) is 3. The molecule has 15 heteroatoms. The van der Waals surface area contributed by atoms with E-state index >= 15 is 0 Å². The molecule has 43 heavy (non-hydrogen) atoms. The number of halogens is 1. The summed E-state index contributed by atoms with van der Waals surface area (Å²) in [6, 6.07) is 9.01. The Balaban J connectivity index is 1.49. The van der Waals surface area contributed by atoms with E-state index in [0.717, 1.165) is 0 Å². The number of ketones is 1. The minimum Gasteiger partial charge on any atom is -0.493 e. The minimum absolute atomic E-state index is 0.0439. The predicted molar refractivity (Wildman–Crippen MR) is 163 cm³/mol. The van der Waals surface area contributed by atoms with Crippen LogP contribution >= 0.6 is 34.7 Å². The lowest BCUT2D eigenvalue weighted by Crippen LogP contribution is -2.38. The number of allylic oxidation sites excluding steroid dienone is 3. The van der Waals surface area contributed by atoms with E-state index in [2.05, 4.69) is 26.6 Å². The molecule has 0 bridgehead atoms. The lowest BCUT2D eigenvalue weighted by Gasteiger charge is -2.38. The van der Waals surface area contributed by atoms with Crippen LogP contribution in [0.5, 0.6) is 17.2 Å². The summed E-state index contributed by atoms with van der Waals surface area (Å²) < 4.78 is 17.2. The van der Waals surface area contributed by atoms with Gasteiger partial charge in [0.2, 0.25) is 16.8 Å². The quantitative estimate of drug-likeness (QED) is 0.246. The number of nitrogens with one attached hydrogen (secondary N) is 1. The molecule has 2 aromatic heterocycles. The third-order valence-corrected chi connectivity index (χ3v) is 9.25. The molecule has 1 amide bonds. The monoisotopic (exact) mass is 639 g/mol. The fourth-order valence-corrected chi connectivity index (χ4v) is 6.96. The molecule has 1 aromatic carbocycles. The van der Waals surface area contributed by atoms with Gasteiger partial charge in [-0.05, 0) is 31.0 Å². The van der Waals surface area contributed by atoms with Crippen molar-refractivity contribution in [2.45, 2.75) is 29.5 Å². The molecule has 0 saturated carbocycles. The molecule has 222 valence electrons. The number of hydrogen-bond donors (Lipinski definition) is 2. The molecular weight excluding hydrogens is 614 g/mol. The average molecular weight is 640 g/mol. The number of nitriles is 1. The molecule has 3 heterocycles. The van der Waals surface area contributed by atoms with E-state index in [-0.39, 0.29) is 34.0 Å². The number of Topliss-reactive ketones (excluding diaryl/α,β-unsaturated/α-hetero) is 1. The first-order valence-corrected chi connectivity index (χ1v) is 15.1. The van der Waals surface area contributed by atoms with Gasteiger partial charge in [-0.2, -0.15) is 5.26 Å². The van der Waals surface area contributed by atoms with Crippen LogP contribution in [0.25, 0.3) is 0 Å². The molecule has 1 aliphatic heterocycles. The molecule has 1 aliphatic carbocycles. The molecule has 2 aliphatic rings. The summed E-state index contributed by atoms with van der Waals surface area (Å²) in [4.78, 5) is 31.6. The number of pyridine rings is 1. The van der Waals surface area contributed by atoms with E-state index < -0.39 is 5.92 Å². The van der Waals surface area contributed by atoms with Gasteiger partial charge >= 0.3 is 0 Å². The molecule has 1 unspecified atom stereocenters. The second kappa shape index (κ2) is 12.9. The van der Waals surface area contributed by atoms with Crippen LogP contribution in [0.4, 0.5) is 10.8 Å². The largest absolute Gasteiger partial charge is 0.493 e. The van der Waals surface area contributed by atoms with E-state index in [0.29, 0.717) is 68.5 Å². The van der Waals surface area contributed by atoms with Crippen LogP contribution in [-0.4, -0.2) is 54.0 Å². The maximum absolute atomic E-state index is 13.5. The molecule has 3 N–H and O–H groups in total. The first-order valence-electron chi connectivity index (χ1n) is 12.9. The number of thioether (sulfide) groups is 1. The van der Waals surface area contributed by atoms with Crippen molar-refractivity contribution in [2.75, 3.05) is 37.3 Å². The molecule has 0 radical (unpaired) electrons. The van der Waals surface area contributed by atoms with Gasteiger partial charge in [-0.15, -0.1) is 10.2 Å². The van der Waals surface area contributed by atoms with E-state index in [1.54, 1.807) is 29.2 Å². The summed E-state index contributed by atoms with van der Waals surface area (Å²) in [5.74, 6) is 0.114. The van der Waals surface area contributed by atoms with Crippen LogP contribution in [-0.2, 0) is 9.59 Å². The summed E-state index contributed by atoms with van der Waals surface area (Å²) in [7, 11) is 4.48. The van der Waals surface area contributed by atoms with E-state index in [9.17, 15) is 14.9 Å². The molecule has 1 atom stereocenters. The Morgan fingerprint density at radius 3 is 2.70 bits per heavy atom. The van der Waals surface area contributed by atoms with Crippen molar-refractivity contribution in [3.05, 3.63) is 63.8 Å². The fourth-order valence-electron chi connectivity index (χ4n) is 5.11. The first-order chi connectivity index (χ1) is 20.8. The Morgan fingerprint density at radius 1 is 1.21 bits per heavy atom. The standard InChI is InChI=1S/C28H26ClN7O5S2/c1-39-19-10-9-14(23(40-2)24(19)41-3)21-15(12-30)26(31)36(17-7-4-8-18(37)22(17)21)27-34-35-28(43-27)42-13-20(38)33-16-6-5-11-32-25(16)29/h5-6,9-11,21H,4,7-8,13,31H2,1-3H3,(H,33,38). The van der Waals surface area contributed by atoms with Crippen molar-refractivity contribution in [3.63, 3.8) is 0 Å². The summed E-state index contributed by atoms with van der Waals surface area (Å²) in [5.41, 5.74) is 8.90. The molecule has 0 fully saturated rings. The SMILES string of the molecule is COc1ccc(C2C(C#N)=C(N)N(c3nnc(SCC(=O)Nc4cccnc4Cl)s3)C3=C2C(=O)CCC3)c(OC)c1OC. The van der Waals surface area contributed by atoms with Crippen molar-refractivity contribution in [1.29, 1.82) is 5.26 Å². The summed E-state index contributed by atoms with van der Waals surface area (Å²) in [6.45, 7) is 0. The molecule has 5 rings (SSSR count). The fraction of sp³-hybridized carbons (Fsp3) is 0.286. The maximum atomic E-state index is 13.5. The minimum atomic E-state index is -0.788. The predicted octanol–water partition coefficient (Wildman–Crippen LogP) is 4.65. The van der Waals surface area contributed by atoms with Crippen LogP contribution in [0.1, 0.15) is 30.7 Å². The lowest BCUT2D eigenvalue weighted by atomic mass is 9.75.